The molecule has 3 nitrogen and oxygen atoms in total. The number of likely N-dealkylation sites (tertiary alicyclic amines) is 1. The van der Waals surface area contributed by atoms with Crippen LogP contribution in [0, 0.1) is 5.92 Å². The quantitative estimate of drug-likeness (QED) is 0.673. The number of piperidine rings is 1. The Bertz CT molecular complexity index is 199. The van der Waals surface area contributed by atoms with Crippen LogP contribution in [-0.4, -0.2) is 49.1 Å². The van der Waals surface area contributed by atoms with Crippen LogP contribution < -0.4 is 0 Å². The lowest BCUT2D eigenvalue weighted by atomic mass is 9.98. The Morgan fingerprint density at radius 1 is 1.60 bits per heavy atom. The van der Waals surface area contributed by atoms with E-state index in [0.717, 1.165) is 38.2 Å². The number of carbonyl (C=O) groups is 1. The second-order valence-electron chi connectivity index (χ2n) is 3.88. The zero-order chi connectivity index (χ0) is 11.1. The van der Waals surface area contributed by atoms with Gasteiger partial charge >= 0.3 is 5.97 Å². The minimum absolute atomic E-state index is 0.00801. The van der Waals surface area contributed by atoms with E-state index < -0.39 is 0 Å². The third-order valence-corrected chi connectivity index (χ3v) is 3.33. The first kappa shape index (κ1) is 12.8. The molecule has 0 bridgehead atoms. The maximum atomic E-state index is 11.6. The predicted octanol–water partition coefficient (Wildman–Crippen LogP) is 1.62. The molecule has 0 radical (unpaired) electrons. The molecule has 15 heavy (non-hydrogen) atoms. The molecule has 88 valence electrons. The Labute approximate surface area is 96.5 Å². The van der Waals surface area contributed by atoms with E-state index in [9.17, 15) is 4.79 Å². The van der Waals surface area contributed by atoms with E-state index >= 15 is 0 Å². The average molecular weight is 231 g/mol. The summed E-state index contributed by atoms with van der Waals surface area (Å²) >= 11 is 1.86. The van der Waals surface area contributed by atoms with Crippen LogP contribution in [0.4, 0.5) is 0 Å². The fourth-order valence-corrected chi connectivity index (χ4v) is 2.37. The first-order chi connectivity index (χ1) is 7.27. The molecule has 0 aromatic carbocycles. The average Bonchev–Trinajstić information content (AvgIpc) is 2.27. The number of thioether (sulfide) groups is 1. The molecule has 0 N–H and O–H groups in total. The topological polar surface area (TPSA) is 29.5 Å². The van der Waals surface area contributed by atoms with E-state index in [1.807, 2.05) is 18.7 Å². The Morgan fingerprint density at radius 2 is 2.40 bits per heavy atom. The Kier molecular flexibility index (Phi) is 6.10. The van der Waals surface area contributed by atoms with Crippen molar-refractivity contribution >= 4 is 17.7 Å². The van der Waals surface area contributed by atoms with Crippen LogP contribution in [0.15, 0.2) is 0 Å². The van der Waals surface area contributed by atoms with Crippen molar-refractivity contribution in [3.63, 3.8) is 0 Å². The second-order valence-corrected chi connectivity index (χ2v) is 4.87. The molecule has 0 aliphatic carbocycles. The molecule has 1 heterocycles. The predicted molar refractivity (Wildman–Crippen MR) is 64.2 cm³/mol. The van der Waals surface area contributed by atoms with Crippen LogP contribution >= 0.6 is 11.8 Å². The molecule has 1 aliphatic rings. The third-order valence-electron chi connectivity index (χ3n) is 2.74. The van der Waals surface area contributed by atoms with Gasteiger partial charge in [0, 0.05) is 18.8 Å². The summed E-state index contributed by atoms with van der Waals surface area (Å²) < 4.78 is 5.06. The molecule has 1 atom stereocenters. The van der Waals surface area contributed by atoms with E-state index in [0.29, 0.717) is 6.61 Å². The van der Waals surface area contributed by atoms with E-state index in [-0.39, 0.29) is 11.9 Å². The van der Waals surface area contributed by atoms with Gasteiger partial charge in [0.15, 0.2) is 0 Å². The smallest absolute Gasteiger partial charge is 0.310 e. The SMILES string of the molecule is CCOC(=O)[C@H]1CCCN(CCSC)C1. The van der Waals surface area contributed by atoms with E-state index in [1.165, 1.54) is 0 Å². The Morgan fingerprint density at radius 3 is 3.07 bits per heavy atom. The standard InChI is InChI=1S/C11H21NO2S/c1-3-14-11(13)10-5-4-6-12(9-10)7-8-15-2/h10H,3-9H2,1-2H3/t10-/m0/s1. The third kappa shape index (κ3) is 4.43. The summed E-state index contributed by atoms with van der Waals surface area (Å²) in [7, 11) is 0. The van der Waals surface area contributed by atoms with Gasteiger partial charge in [0.25, 0.3) is 0 Å². The molecule has 0 aromatic heterocycles. The van der Waals surface area contributed by atoms with E-state index in [1.54, 1.807) is 0 Å². The molecular formula is C11H21NO2S. The van der Waals surface area contributed by atoms with Crippen LogP contribution in [-0.2, 0) is 9.53 Å². The molecule has 1 aliphatic heterocycles. The maximum Gasteiger partial charge on any atom is 0.310 e. The van der Waals surface area contributed by atoms with Gasteiger partial charge in [-0.2, -0.15) is 11.8 Å². The maximum absolute atomic E-state index is 11.6. The minimum Gasteiger partial charge on any atom is -0.466 e. The van der Waals surface area contributed by atoms with Crippen molar-refractivity contribution in [3.8, 4) is 0 Å². The Hall–Kier alpha value is -0.220. The van der Waals surface area contributed by atoms with E-state index in [4.69, 9.17) is 4.74 Å². The van der Waals surface area contributed by atoms with Crippen LogP contribution in [0.1, 0.15) is 19.8 Å². The van der Waals surface area contributed by atoms with Crippen LogP contribution in [0.2, 0.25) is 0 Å². The van der Waals surface area contributed by atoms with Crippen molar-refractivity contribution in [2.45, 2.75) is 19.8 Å². The fraction of sp³-hybridized carbons (Fsp3) is 0.909. The van der Waals surface area contributed by atoms with Gasteiger partial charge in [-0.15, -0.1) is 0 Å². The summed E-state index contributed by atoms with van der Waals surface area (Å²) in [6, 6.07) is 0. The summed E-state index contributed by atoms with van der Waals surface area (Å²) in [5.74, 6) is 1.25. The zero-order valence-corrected chi connectivity index (χ0v) is 10.5. The number of ether oxygens (including phenoxy) is 1. The molecule has 1 saturated heterocycles. The minimum atomic E-state index is -0.00801. The van der Waals surface area contributed by atoms with Gasteiger partial charge < -0.3 is 9.64 Å². The van der Waals surface area contributed by atoms with Gasteiger partial charge in [0.05, 0.1) is 12.5 Å². The number of carbonyl (C=O) groups excluding carboxylic acids is 1. The van der Waals surface area contributed by atoms with Gasteiger partial charge in [-0.3, -0.25) is 4.79 Å². The number of esters is 1. The lowest BCUT2D eigenvalue weighted by Gasteiger charge is -2.31. The summed E-state index contributed by atoms with van der Waals surface area (Å²) in [5, 5.41) is 0. The number of hydrogen-bond donors (Lipinski definition) is 0. The largest absolute Gasteiger partial charge is 0.466 e. The van der Waals surface area contributed by atoms with Gasteiger partial charge in [-0.05, 0) is 32.6 Å². The van der Waals surface area contributed by atoms with Gasteiger partial charge in [-0.25, -0.2) is 0 Å². The molecule has 0 aromatic rings. The highest BCUT2D eigenvalue weighted by Gasteiger charge is 2.26. The van der Waals surface area contributed by atoms with Crippen molar-refractivity contribution in [1.82, 2.24) is 4.90 Å². The second kappa shape index (κ2) is 7.12. The zero-order valence-electron chi connectivity index (χ0n) is 9.70. The molecule has 1 fully saturated rings. The lowest BCUT2D eigenvalue weighted by Crippen LogP contribution is -2.40. The first-order valence-electron chi connectivity index (χ1n) is 5.65. The number of rotatable bonds is 5. The number of hydrogen-bond acceptors (Lipinski definition) is 4. The molecule has 0 spiro atoms. The normalized spacial score (nSPS) is 22.7. The first-order valence-corrected chi connectivity index (χ1v) is 7.05. The van der Waals surface area contributed by atoms with Gasteiger partial charge in [0.2, 0.25) is 0 Å². The summed E-state index contributed by atoms with van der Waals surface area (Å²) in [4.78, 5) is 13.9. The highest BCUT2D eigenvalue weighted by molar-refractivity contribution is 7.98. The fourth-order valence-electron chi connectivity index (χ4n) is 1.93. The molecule has 0 saturated carbocycles. The van der Waals surface area contributed by atoms with Crippen molar-refractivity contribution in [1.29, 1.82) is 0 Å². The molecular weight excluding hydrogens is 210 g/mol. The van der Waals surface area contributed by atoms with Crippen molar-refractivity contribution in [2.75, 3.05) is 38.2 Å². The van der Waals surface area contributed by atoms with E-state index in [2.05, 4.69) is 11.2 Å². The monoisotopic (exact) mass is 231 g/mol. The van der Waals surface area contributed by atoms with Crippen molar-refractivity contribution < 1.29 is 9.53 Å². The van der Waals surface area contributed by atoms with Crippen LogP contribution in [0.5, 0.6) is 0 Å². The van der Waals surface area contributed by atoms with Crippen molar-refractivity contribution in [3.05, 3.63) is 0 Å². The summed E-state index contributed by atoms with van der Waals surface area (Å²) in [6.07, 6.45) is 4.24. The lowest BCUT2D eigenvalue weighted by molar-refractivity contribution is -0.149. The summed E-state index contributed by atoms with van der Waals surface area (Å²) in [6.45, 7) is 5.49. The molecule has 0 amide bonds. The molecule has 1 rings (SSSR count). The highest BCUT2D eigenvalue weighted by Crippen LogP contribution is 2.17. The van der Waals surface area contributed by atoms with Crippen LogP contribution in [0.3, 0.4) is 0 Å². The summed E-state index contributed by atoms with van der Waals surface area (Å²) in [5.41, 5.74) is 0. The Balaban J connectivity index is 2.31. The van der Waals surface area contributed by atoms with Crippen molar-refractivity contribution in [2.24, 2.45) is 5.92 Å². The van der Waals surface area contributed by atoms with Crippen LogP contribution in [0.25, 0.3) is 0 Å². The molecule has 4 heteroatoms. The van der Waals surface area contributed by atoms with Gasteiger partial charge in [-0.1, -0.05) is 0 Å². The molecule has 0 unspecified atom stereocenters. The van der Waals surface area contributed by atoms with Gasteiger partial charge in [0.1, 0.15) is 0 Å². The number of nitrogens with zero attached hydrogens (tertiary/aromatic N) is 1. The highest BCUT2D eigenvalue weighted by atomic mass is 32.2.